The van der Waals surface area contributed by atoms with Gasteiger partial charge in [-0.05, 0) is 59.8 Å². The molecule has 1 fully saturated rings. The molecule has 176 valence electrons. The fourth-order valence-electron chi connectivity index (χ4n) is 4.37. The van der Waals surface area contributed by atoms with Gasteiger partial charge in [-0.2, -0.15) is 5.10 Å². The molecule has 2 aromatic heterocycles. The van der Waals surface area contributed by atoms with Crippen molar-refractivity contribution in [3.8, 4) is 0 Å². The summed E-state index contributed by atoms with van der Waals surface area (Å²) in [5.74, 6) is 3.04. The van der Waals surface area contributed by atoms with Crippen LogP contribution in [0, 0.1) is 5.92 Å². The Hall–Kier alpha value is -3.65. The number of hydrogen-bond acceptors (Lipinski definition) is 7. The van der Waals surface area contributed by atoms with Crippen LogP contribution in [0.2, 0.25) is 0 Å². The standard InChI is InChI=1S/C27H26N6OS/c34-23(20-7-8-20)15-18-5-9-22(10-6-18)35-27-30-25(29-24-11-13-28-32-24)16-26(31-27)33-14-12-19-3-1-2-4-21(19)17-33/h1-6,9-11,13,16,20H,7-8,12,14-15,17H2,(H2,28,29,30,31,32). The van der Waals surface area contributed by atoms with Gasteiger partial charge < -0.3 is 10.2 Å². The lowest BCUT2D eigenvalue weighted by Crippen LogP contribution is -2.31. The number of aromatic nitrogens is 4. The second-order valence-corrected chi connectivity index (χ2v) is 10.1. The number of nitrogens with one attached hydrogen (secondary N) is 2. The van der Waals surface area contributed by atoms with E-state index in [0.717, 1.165) is 54.4 Å². The quantitative estimate of drug-likeness (QED) is 0.335. The van der Waals surface area contributed by atoms with E-state index < -0.39 is 0 Å². The van der Waals surface area contributed by atoms with Crippen LogP contribution < -0.4 is 10.2 Å². The van der Waals surface area contributed by atoms with Crippen molar-refractivity contribution >= 4 is 35.0 Å². The SMILES string of the molecule is O=C(Cc1ccc(Sc2nc(Nc3ccn[nH]3)cc(N3CCc4ccccc4C3)n2)cc1)C1CC1. The Morgan fingerprint density at radius 1 is 1.06 bits per heavy atom. The molecule has 0 spiro atoms. The molecule has 7 nitrogen and oxygen atoms in total. The van der Waals surface area contributed by atoms with Crippen molar-refractivity contribution in [2.24, 2.45) is 5.92 Å². The Labute approximate surface area is 208 Å². The summed E-state index contributed by atoms with van der Waals surface area (Å²) >= 11 is 1.52. The van der Waals surface area contributed by atoms with Crippen molar-refractivity contribution in [3.05, 3.63) is 83.6 Å². The Morgan fingerprint density at radius 2 is 1.89 bits per heavy atom. The van der Waals surface area contributed by atoms with E-state index in [1.807, 2.05) is 24.3 Å². The molecular weight excluding hydrogens is 456 g/mol. The third kappa shape index (κ3) is 5.22. The number of benzene rings is 2. The molecule has 0 radical (unpaired) electrons. The largest absolute Gasteiger partial charge is 0.352 e. The van der Waals surface area contributed by atoms with Gasteiger partial charge in [0, 0.05) is 42.5 Å². The average Bonchev–Trinajstić information content (AvgIpc) is 3.62. The lowest BCUT2D eigenvalue weighted by atomic mass is 10.00. The van der Waals surface area contributed by atoms with E-state index in [-0.39, 0.29) is 0 Å². The number of hydrogen-bond donors (Lipinski definition) is 2. The Kier molecular flexibility index (Phi) is 5.96. The molecule has 0 amide bonds. The molecule has 6 rings (SSSR count). The van der Waals surface area contributed by atoms with Gasteiger partial charge >= 0.3 is 0 Å². The van der Waals surface area contributed by atoms with Crippen molar-refractivity contribution in [3.63, 3.8) is 0 Å². The van der Waals surface area contributed by atoms with E-state index >= 15 is 0 Å². The monoisotopic (exact) mass is 482 g/mol. The van der Waals surface area contributed by atoms with Crippen LogP contribution in [0.5, 0.6) is 0 Å². The van der Waals surface area contributed by atoms with Crippen molar-refractivity contribution in [2.45, 2.75) is 42.3 Å². The van der Waals surface area contributed by atoms with Gasteiger partial charge in [-0.1, -0.05) is 36.4 Å². The molecule has 4 aromatic rings. The Morgan fingerprint density at radius 3 is 2.66 bits per heavy atom. The average molecular weight is 483 g/mol. The van der Waals surface area contributed by atoms with E-state index in [2.05, 4.69) is 56.8 Å². The van der Waals surface area contributed by atoms with Gasteiger partial charge in [0.05, 0.1) is 6.20 Å². The van der Waals surface area contributed by atoms with Crippen LogP contribution in [0.3, 0.4) is 0 Å². The number of aromatic amines is 1. The van der Waals surface area contributed by atoms with Crippen molar-refractivity contribution in [1.29, 1.82) is 0 Å². The normalized spacial score (nSPS) is 15.0. The maximum absolute atomic E-state index is 12.1. The number of fused-ring (bicyclic) bond motifs is 1. The number of carbonyl (C=O) groups excluding carboxylic acids is 1. The van der Waals surface area contributed by atoms with Crippen LogP contribution in [0.25, 0.3) is 0 Å². The molecule has 1 saturated carbocycles. The smallest absolute Gasteiger partial charge is 0.196 e. The summed E-state index contributed by atoms with van der Waals surface area (Å²) in [7, 11) is 0. The Bertz CT molecular complexity index is 1330. The molecule has 0 bridgehead atoms. The lowest BCUT2D eigenvalue weighted by Gasteiger charge is -2.30. The number of carbonyl (C=O) groups is 1. The zero-order valence-electron chi connectivity index (χ0n) is 19.3. The second-order valence-electron chi connectivity index (χ2n) is 9.09. The molecule has 0 saturated heterocycles. The first-order valence-electron chi connectivity index (χ1n) is 12.0. The highest BCUT2D eigenvalue weighted by atomic mass is 32.2. The molecule has 1 aliphatic heterocycles. The zero-order valence-corrected chi connectivity index (χ0v) is 20.1. The molecular formula is C27H26N6OS. The first-order valence-corrected chi connectivity index (χ1v) is 12.8. The van der Waals surface area contributed by atoms with Gasteiger partial charge in [-0.15, -0.1) is 0 Å². The van der Waals surface area contributed by atoms with Gasteiger partial charge in [-0.3, -0.25) is 9.89 Å². The topological polar surface area (TPSA) is 86.8 Å². The second kappa shape index (κ2) is 9.54. The van der Waals surface area contributed by atoms with Crippen molar-refractivity contribution in [2.75, 3.05) is 16.8 Å². The van der Waals surface area contributed by atoms with Crippen LogP contribution in [0.1, 0.15) is 29.5 Å². The molecule has 0 atom stereocenters. The maximum Gasteiger partial charge on any atom is 0.196 e. The highest BCUT2D eigenvalue weighted by Gasteiger charge is 2.29. The summed E-state index contributed by atoms with van der Waals surface area (Å²) in [4.78, 5) is 25.2. The number of H-pyrrole nitrogens is 1. The van der Waals surface area contributed by atoms with E-state index in [9.17, 15) is 4.79 Å². The highest BCUT2D eigenvalue weighted by Crippen LogP contribution is 2.33. The van der Waals surface area contributed by atoms with E-state index in [1.165, 1.54) is 22.9 Å². The summed E-state index contributed by atoms with van der Waals surface area (Å²) in [6.45, 7) is 1.73. The summed E-state index contributed by atoms with van der Waals surface area (Å²) in [5.41, 5.74) is 3.81. The molecule has 8 heteroatoms. The molecule has 2 N–H and O–H groups in total. The highest BCUT2D eigenvalue weighted by molar-refractivity contribution is 7.99. The van der Waals surface area contributed by atoms with Gasteiger partial charge in [-0.25, -0.2) is 9.97 Å². The number of anilines is 3. The minimum absolute atomic E-state index is 0.294. The molecule has 2 aromatic carbocycles. The molecule has 2 aliphatic rings. The van der Waals surface area contributed by atoms with Gasteiger partial charge in [0.1, 0.15) is 23.2 Å². The maximum atomic E-state index is 12.1. The molecule has 0 unspecified atom stereocenters. The van der Waals surface area contributed by atoms with Crippen LogP contribution in [-0.4, -0.2) is 32.5 Å². The van der Waals surface area contributed by atoms with Gasteiger partial charge in [0.15, 0.2) is 5.16 Å². The van der Waals surface area contributed by atoms with Crippen LogP contribution in [-0.2, 0) is 24.2 Å². The first-order chi connectivity index (χ1) is 17.2. The summed E-state index contributed by atoms with van der Waals surface area (Å²) in [6, 6.07) is 20.6. The third-order valence-corrected chi connectivity index (χ3v) is 7.33. The minimum Gasteiger partial charge on any atom is -0.352 e. The number of nitrogens with zero attached hydrogens (tertiary/aromatic N) is 4. The van der Waals surface area contributed by atoms with E-state index in [0.29, 0.717) is 29.1 Å². The van der Waals surface area contributed by atoms with Gasteiger partial charge in [0.2, 0.25) is 0 Å². The predicted octanol–water partition coefficient (Wildman–Crippen LogP) is 5.18. The van der Waals surface area contributed by atoms with Crippen LogP contribution in [0.4, 0.5) is 17.5 Å². The zero-order chi connectivity index (χ0) is 23.6. The lowest BCUT2D eigenvalue weighted by molar-refractivity contribution is -0.119. The van der Waals surface area contributed by atoms with Gasteiger partial charge in [0.25, 0.3) is 0 Å². The third-order valence-electron chi connectivity index (χ3n) is 6.45. The summed E-state index contributed by atoms with van der Waals surface area (Å²) in [5, 5.41) is 10.9. The molecule has 35 heavy (non-hydrogen) atoms. The molecule has 1 aliphatic carbocycles. The van der Waals surface area contributed by atoms with E-state index in [4.69, 9.17) is 9.97 Å². The van der Waals surface area contributed by atoms with Crippen molar-refractivity contribution in [1.82, 2.24) is 20.2 Å². The predicted molar refractivity (Wildman–Crippen MR) is 137 cm³/mol. The fourth-order valence-corrected chi connectivity index (χ4v) is 5.14. The minimum atomic E-state index is 0.294. The number of ketones is 1. The van der Waals surface area contributed by atoms with Crippen molar-refractivity contribution < 1.29 is 4.79 Å². The first kappa shape index (κ1) is 21.9. The number of rotatable bonds is 8. The fraction of sp³-hybridized carbons (Fsp3) is 0.259. The number of Topliss-reactive ketones (excluding diaryl/α,β-unsaturated/α-hetero) is 1. The Balaban J connectivity index is 1.24. The summed E-state index contributed by atoms with van der Waals surface area (Å²) in [6.07, 6.45) is 5.33. The van der Waals surface area contributed by atoms with E-state index in [1.54, 1.807) is 6.20 Å². The van der Waals surface area contributed by atoms with Crippen LogP contribution >= 0.6 is 11.8 Å². The molecule has 3 heterocycles. The summed E-state index contributed by atoms with van der Waals surface area (Å²) < 4.78 is 0. The van der Waals surface area contributed by atoms with Crippen LogP contribution in [0.15, 0.2) is 76.9 Å².